The number of likely N-dealkylation sites (tertiary alicyclic amines) is 1. The zero-order chi connectivity index (χ0) is 18.0. The van der Waals surface area contributed by atoms with Crippen LogP contribution in [0.2, 0.25) is 0 Å². The summed E-state index contributed by atoms with van der Waals surface area (Å²) in [5.41, 5.74) is 1.04. The zero-order valence-corrected chi connectivity index (χ0v) is 14.7. The molecule has 0 bridgehead atoms. The molecule has 0 amide bonds. The van der Waals surface area contributed by atoms with Crippen LogP contribution < -0.4 is 0 Å². The number of non-ortho nitro benzene ring substituents is 1. The van der Waals surface area contributed by atoms with Crippen LogP contribution in [-0.4, -0.2) is 33.5 Å². The maximum atomic E-state index is 11.4. The molecule has 0 spiro atoms. The molecule has 132 valence electrons. The van der Waals surface area contributed by atoms with E-state index in [4.69, 9.17) is 0 Å². The molecule has 25 heavy (non-hydrogen) atoms. The Bertz CT molecular complexity index is 772. The number of hydrogen-bond acceptors (Lipinski definition) is 5. The number of nitro groups is 1. The molecule has 0 aliphatic carbocycles. The number of aliphatic carboxylic acids is 1. The fourth-order valence-corrected chi connectivity index (χ4v) is 4.37. The number of rotatable bonds is 5. The number of benzene rings is 1. The maximum Gasteiger partial charge on any atom is 0.308 e. The smallest absolute Gasteiger partial charge is 0.308 e. The Hall–Kier alpha value is -2.25. The monoisotopic (exact) mass is 360 g/mol. The van der Waals surface area contributed by atoms with Gasteiger partial charge in [-0.15, -0.1) is 11.3 Å². The molecule has 2 heterocycles. The third kappa shape index (κ3) is 3.88. The Morgan fingerprint density at radius 3 is 2.68 bits per heavy atom. The third-order valence-corrected chi connectivity index (χ3v) is 5.94. The van der Waals surface area contributed by atoms with E-state index in [-0.39, 0.29) is 17.6 Å². The molecular weight excluding hydrogens is 340 g/mol. The molecular formula is C18H20N2O4S. The Morgan fingerprint density at radius 1 is 1.32 bits per heavy atom. The first kappa shape index (κ1) is 17.6. The van der Waals surface area contributed by atoms with Crippen LogP contribution in [0.3, 0.4) is 0 Å². The molecule has 6 nitrogen and oxygen atoms in total. The number of carbonyl (C=O) groups is 1. The number of thiophene rings is 1. The highest BCUT2D eigenvalue weighted by atomic mass is 32.1. The van der Waals surface area contributed by atoms with Gasteiger partial charge in [-0.3, -0.25) is 19.8 Å². The van der Waals surface area contributed by atoms with E-state index in [2.05, 4.69) is 11.0 Å². The summed E-state index contributed by atoms with van der Waals surface area (Å²) >= 11 is 1.65. The van der Waals surface area contributed by atoms with Crippen LogP contribution >= 0.6 is 11.3 Å². The van der Waals surface area contributed by atoms with Crippen molar-refractivity contribution in [3.05, 3.63) is 51.4 Å². The Kier molecular flexibility index (Phi) is 5.15. The summed E-state index contributed by atoms with van der Waals surface area (Å²) in [7, 11) is 0. The van der Waals surface area contributed by atoms with Crippen molar-refractivity contribution in [3.8, 4) is 10.4 Å². The molecule has 1 saturated heterocycles. The molecule has 3 rings (SSSR count). The minimum Gasteiger partial charge on any atom is -0.481 e. The number of carboxylic acid groups (broad SMARTS) is 1. The summed E-state index contributed by atoms with van der Waals surface area (Å²) in [5, 5.41) is 20.1. The highest BCUT2D eigenvalue weighted by Crippen LogP contribution is 2.32. The highest BCUT2D eigenvalue weighted by Gasteiger charge is 2.32. The van der Waals surface area contributed by atoms with Gasteiger partial charge in [0.15, 0.2) is 0 Å². The highest BCUT2D eigenvalue weighted by molar-refractivity contribution is 7.15. The van der Waals surface area contributed by atoms with E-state index in [1.54, 1.807) is 23.5 Å². The van der Waals surface area contributed by atoms with E-state index < -0.39 is 10.9 Å². The predicted octanol–water partition coefficient (Wildman–Crippen LogP) is 4.01. The van der Waals surface area contributed by atoms with Crippen molar-refractivity contribution in [1.82, 2.24) is 4.90 Å². The minimum absolute atomic E-state index is 0.0242. The summed E-state index contributed by atoms with van der Waals surface area (Å²) in [5.74, 6) is -1.02. The first-order chi connectivity index (χ1) is 12.0. The molecule has 1 N–H and O–H groups in total. The van der Waals surface area contributed by atoms with Crippen LogP contribution in [0.4, 0.5) is 5.69 Å². The molecule has 7 heteroatoms. The molecule has 0 radical (unpaired) electrons. The molecule has 0 saturated carbocycles. The first-order valence-electron chi connectivity index (χ1n) is 8.26. The summed E-state index contributed by atoms with van der Waals surface area (Å²) in [6.45, 7) is 3.64. The van der Waals surface area contributed by atoms with Crippen LogP contribution in [-0.2, 0) is 11.3 Å². The van der Waals surface area contributed by atoms with E-state index >= 15 is 0 Å². The van der Waals surface area contributed by atoms with E-state index in [1.807, 2.05) is 13.0 Å². The van der Waals surface area contributed by atoms with Gasteiger partial charge < -0.3 is 5.11 Å². The number of nitrogens with zero attached hydrogens (tertiary/aromatic N) is 2. The van der Waals surface area contributed by atoms with Gasteiger partial charge in [-0.1, -0.05) is 0 Å². The van der Waals surface area contributed by atoms with Gasteiger partial charge in [-0.05, 0) is 56.1 Å². The minimum atomic E-state index is -0.713. The van der Waals surface area contributed by atoms with Crippen LogP contribution in [0.5, 0.6) is 0 Å². The van der Waals surface area contributed by atoms with Crippen LogP contribution in [0.15, 0.2) is 36.4 Å². The first-order valence-corrected chi connectivity index (χ1v) is 9.08. The largest absolute Gasteiger partial charge is 0.481 e. The lowest BCUT2D eigenvalue weighted by Gasteiger charge is -2.37. The summed E-state index contributed by atoms with van der Waals surface area (Å²) in [4.78, 5) is 26.2. The van der Waals surface area contributed by atoms with Gasteiger partial charge in [0.1, 0.15) is 0 Å². The summed E-state index contributed by atoms with van der Waals surface area (Å²) in [6.07, 6.45) is 1.65. The lowest BCUT2D eigenvalue weighted by atomic mass is 9.90. The van der Waals surface area contributed by atoms with Gasteiger partial charge in [-0.25, -0.2) is 0 Å². The molecule has 1 aromatic carbocycles. The van der Waals surface area contributed by atoms with Gasteiger partial charge >= 0.3 is 5.97 Å². The summed E-state index contributed by atoms with van der Waals surface area (Å²) in [6, 6.07) is 10.6. The molecule has 1 aromatic heterocycles. The molecule has 1 aliphatic heterocycles. The molecule has 1 aliphatic rings. The van der Waals surface area contributed by atoms with Gasteiger partial charge in [0, 0.05) is 34.5 Å². The van der Waals surface area contributed by atoms with Crippen molar-refractivity contribution in [1.29, 1.82) is 0 Å². The maximum absolute atomic E-state index is 11.4. The van der Waals surface area contributed by atoms with Gasteiger partial charge in [0.2, 0.25) is 0 Å². The second-order valence-electron chi connectivity index (χ2n) is 6.37. The van der Waals surface area contributed by atoms with Crippen molar-refractivity contribution < 1.29 is 14.8 Å². The van der Waals surface area contributed by atoms with Crippen molar-refractivity contribution in [2.75, 3.05) is 6.54 Å². The Labute approximate surface area is 149 Å². The van der Waals surface area contributed by atoms with Crippen molar-refractivity contribution >= 4 is 23.0 Å². The molecule has 2 aromatic rings. The van der Waals surface area contributed by atoms with Gasteiger partial charge in [0.05, 0.1) is 10.8 Å². The van der Waals surface area contributed by atoms with Crippen molar-refractivity contribution in [2.45, 2.75) is 32.4 Å². The van der Waals surface area contributed by atoms with Crippen LogP contribution in [0.1, 0.15) is 24.6 Å². The predicted molar refractivity (Wildman–Crippen MR) is 96.6 cm³/mol. The number of carboxylic acids is 1. The van der Waals surface area contributed by atoms with E-state index in [1.165, 1.54) is 17.0 Å². The number of hydrogen-bond donors (Lipinski definition) is 1. The fourth-order valence-electron chi connectivity index (χ4n) is 3.33. The van der Waals surface area contributed by atoms with Gasteiger partial charge in [0.25, 0.3) is 5.69 Å². The lowest BCUT2D eigenvalue weighted by Crippen LogP contribution is -2.45. The average Bonchev–Trinajstić information content (AvgIpc) is 3.05. The van der Waals surface area contributed by atoms with E-state index in [9.17, 15) is 20.0 Å². The van der Waals surface area contributed by atoms with Gasteiger partial charge in [-0.2, -0.15) is 0 Å². The molecule has 1 fully saturated rings. The normalized spacial score (nSPS) is 21.2. The standard InChI is InChI=1S/C18H20N2O4S/c1-12-16(18(21)22)3-2-10-19(12)11-15-8-9-17(25-15)13-4-6-14(7-5-13)20(23)24/h4-9,12,16H,2-3,10-11H2,1H3,(H,21,22)/t12-,16-/m1/s1. The topological polar surface area (TPSA) is 83.7 Å². The SMILES string of the molecule is C[C@@H]1[C@H](C(=O)O)CCCN1Cc1ccc(-c2ccc([N+](=O)[O-])cc2)s1. The van der Waals surface area contributed by atoms with Crippen molar-refractivity contribution in [3.63, 3.8) is 0 Å². The molecule has 0 unspecified atom stereocenters. The lowest BCUT2D eigenvalue weighted by molar-refractivity contribution is -0.384. The quantitative estimate of drug-likeness (QED) is 0.643. The zero-order valence-electron chi connectivity index (χ0n) is 13.9. The molecule has 2 atom stereocenters. The Morgan fingerprint density at radius 2 is 2.04 bits per heavy atom. The van der Waals surface area contributed by atoms with E-state index in [0.29, 0.717) is 0 Å². The fraction of sp³-hybridized carbons (Fsp3) is 0.389. The third-order valence-electron chi connectivity index (χ3n) is 4.82. The van der Waals surface area contributed by atoms with Crippen molar-refractivity contribution in [2.24, 2.45) is 5.92 Å². The second kappa shape index (κ2) is 7.33. The average molecular weight is 360 g/mol. The Balaban J connectivity index is 1.71. The van der Waals surface area contributed by atoms with Crippen LogP contribution in [0.25, 0.3) is 10.4 Å². The van der Waals surface area contributed by atoms with Crippen LogP contribution in [0, 0.1) is 16.0 Å². The number of piperidine rings is 1. The second-order valence-corrected chi connectivity index (χ2v) is 7.54. The number of nitro benzene ring substituents is 1. The summed E-state index contributed by atoms with van der Waals surface area (Å²) < 4.78 is 0. The van der Waals surface area contributed by atoms with E-state index in [0.717, 1.165) is 36.4 Å².